The van der Waals surface area contributed by atoms with Gasteiger partial charge in [-0.3, -0.25) is 4.90 Å². The Balaban J connectivity index is 1.97. The van der Waals surface area contributed by atoms with Gasteiger partial charge in [0.05, 0.1) is 12.1 Å². The molecule has 0 amide bonds. The largest absolute Gasteiger partial charge is 0.379 e. The van der Waals surface area contributed by atoms with E-state index in [4.69, 9.17) is 4.74 Å². The first-order chi connectivity index (χ1) is 6.72. The summed E-state index contributed by atoms with van der Waals surface area (Å²) in [6, 6.07) is 0.663. The van der Waals surface area contributed by atoms with Crippen molar-refractivity contribution in [2.45, 2.75) is 38.3 Å². The fourth-order valence-electron chi connectivity index (χ4n) is 2.55. The molecule has 0 radical (unpaired) electrons. The summed E-state index contributed by atoms with van der Waals surface area (Å²) in [4.78, 5) is 2.56. The molecule has 1 unspecified atom stereocenters. The summed E-state index contributed by atoms with van der Waals surface area (Å²) >= 11 is 0. The van der Waals surface area contributed by atoms with Gasteiger partial charge in [0.1, 0.15) is 0 Å². The third kappa shape index (κ3) is 2.10. The molecule has 0 bridgehead atoms. The van der Waals surface area contributed by atoms with Gasteiger partial charge in [0.25, 0.3) is 0 Å². The van der Waals surface area contributed by atoms with Crippen LogP contribution in [0.5, 0.6) is 0 Å². The van der Waals surface area contributed by atoms with Crippen molar-refractivity contribution >= 4 is 0 Å². The first-order valence-electron chi connectivity index (χ1n) is 5.79. The van der Waals surface area contributed by atoms with Gasteiger partial charge < -0.3 is 10.1 Å². The number of rotatable bonds is 1. The minimum Gasteiger partial charge on any atom is -0.379 e. The molecular formula is C11H22N2O. The van der Waals surface area contributed by atoms with Crippen LogP contribution >= 0.6 is 0 Å². The zero-order valence-corrected chi connectivity index (χ0v) is 9.38. The first kappa shape index (κ1) is 10.4. The van der Waals surface area contributed by atoms with Crippen molar-refractivity contribution in [2.75, 3.05) is 32.8 Å². The Morgan fingerprint density at radius 2 is 2.29 bits per heavy atom. The zero-order valence-electron chi connectivity index (χ0n) is 9.38. The summed E-state index contributed by atoms with van der Waals surface area (Å²) in [7, 11) is 0. The van der Waals surface area contributed by atoms with Crippen LogP contribution in [0.25, 0.3) is 0 Å². The maximum Gasteiger partial charge on any atom is 0.0660 e. The van der Waals surface area contributed by atoms with Crippen molar-refractivity contribution in [1.29, 1.82) is 0 Å². The monoisotopic (exact) mass is 198 g/mol. The van der Waals surface area contributed by atoms with Gasteiger partial charge in [-0.15, -0.1) is 0 Å². The van der Waals surface area contributed by atoms with E-state index in [2.05, 4.69) is 24.1 Å². The standard InChI is InChI=1S/C11H22N2O/c1-10(2)13-6-5-12-11(8-13)4-3-7-14-9-11/h10,12H,3-9H2,1-2H3. The Hall–Kier alpha value is -0.120. The summed E-state index contributed by atoms with van der Waals surface area (Å²) in [6.07, 6.45) is 2.48. The van der Waals surface area contributed by atoms with E-state index in [0.717, 1.165) is 26.3 Å². The van der Waals surface area contributed by atoms with Crippen molar-refractivity contribution in [2.24, 2.45) is 0 Å². The Morgan fingerprint density at radius 1 is 1.43 bits per heavy atom. The van der Waals surface area contributed by atoms with Crippen molar-refractivity contribution < 1.29 is 4.74 Å². The second-order valence-corrected chi connectivity index (χ2v) is 4.93. The summed E-state index contributed by atoms with van der Waals surface area (Å²) < 4.78 is 5.60. The third-order valence-electron chi connectivity index (χ3n) is 3.46. The van der Waals surface area contributed by atoms with E-state index in [9.17, 15) is 0 Å². The van der Waals surface area contributed by atoms with Crippen molar-refractivity contribution in [1.82, 2.24) is 10.2 Å². The van der Waals surface area contributed by atoms with Gasteiger partial charge in [-0.05, 0) is 26.7 Å². The molecule has 0 aromatic carbocycles. The molecule has 82 valence electrons. The first-order valence-corrected chi connectivity index (χ1v) is 5.79. The predicted molar refractivity (Wildman–Crippen MR) is 57.5 cm³/mol. The Bertz CT molecular complexity index is 182. The molecule has 1 atom stereocenters. The molecule has 0 aromatic rings. The lowest BCUT2D eigenvalue weighted by Gasteiger charge is -2.47. The molecule has 2 fully saturated rings. The fraction of sp³-hybridized carbons (Fsp3) is 1.00. The number of nitrogens with zero attached hydrogens (tertiary/aromatic N) is 1. The summed E-state index contributed by atoms with van der Waals surface area (Å²) in [6.45, 7) is 9.86. The SMILES string of the molecule is CC(C)N1CCNC2(CCCOC2)C1. The Kier molecular flexibility index (Phi) is 3.10. The van der Waals surface area contributed by atoms with E-state index in [1.807, 2.05) is 0 Å². The van der Waals surface area contributed by atoms with E-state index in [1.54, 1.807) is 0 Å². The molecule has 2 aliphatic heterocycles. The van der Waals surface area contributed by atoms with Gasteiger partial charge in [-0.25, -0.2) is 0 Å². The van der Waals surface area contributed by atoms with Crippen LogP contribution in [0.2, 0.25) is 0 Å². The highest BCUT2D eigenvalue weighted by Gasteiger charge is 2.37. The second-order valence-electron chi connectivity index (χ2n) is 4.93. The molecule has 0 aliphatic carbocycles. The minimum absolute atomic E-state index is 0.265. The molecule has 1 spiro atoms. The average molecular weight is 198 g/mol. The number of ether oxygens (including phenoxy) is 1. The number of hydrogen-bond acceptors (Lipinski definition) is 3. The molecule has 14 heavy (non-hydrogen) atoms. The van der Waals surface area contributed by atoms with Crippen LogP contribution in [0, 0.1) is 0 Å². The van der Waals surface area contributed by atoms with Crippen LogP contribution in [0.4, 0.5) is 0 Å². The normalized spacial score (nSPS) is 35.4. The molecule has 2 aliphatic rings. The molecule has 0 aromatic heterocycles. The molecule has 3 heteroatoms. The van der Waals surface area contributed by atoms with E-state index >= 15 is 0 Å². The van der Waals surface area contributed by atoms with E-state index in [1.165, 1.54) is 19.4 Å². The molecular weight excluding hydrogens is 176 g/mol. The summed E-state index contributed by atoms with van der Waals surface area (Å²) in [5, 5.41) is 3.65. The zero-order chi connectivity index (χ0) is 10.0. The van der Waals surface area contributed by atoms with Crippen LogP contribution in [0.15, 0.2) is 0 Å². The van der Waals surface area contributed by atoms with Crippen LogP contribution in [-0.2, 0) is 4.74 Å². The highest BCUT2D eigenvalue weighted by molar-refractivity contribution is 4.96. The number of hydrogen-bond donors (Lipinski definition) is 1. The predicted octanol–water partition coefficient (Wildman–Crippen LogP) is 0.849. The fourth-order valence-corrected chi connectivity index (χ4v) is 2.55. The van der Waals surface area contributed by atoms with E-state index < -0.39 is 0 Å². The molecule has 3 nitrogen and oxygen atoms in total. The third-order valence-corrected chi connectivity index (χ3v) is 3.46. The van der Waals surface area contributed by atoms with Crippen molar-refractivity contribution in [3.63, 3.8) is 0 Å². The average Bonchev–Trinajstić information content (AvgIpc) is 2.19. The van der Waals surface area contributed by atoms with Gasteiger partial charge in [-0.1, -0.05) is 0 Å². The van der Waals surface area contributed by atoms with Crippen molar-refractivity contribution in [3.05, 3.63) is 0 Å². The molecule has 2 heterocycles. The van der Waals surface area contributed by atoms with Gasteiger partial charge in [0, 0.05) is 32.3 Å². The van der Waals surface area contributed by atoms with Gasteiger partial charge >= 0.3 is 0 Å². The lowest BCUT2D eigenvalue weighted by molar-refractivity contribution is -0.0187. The van der Waals surface area contributed by atoms with Gasteiger partial charge in [-0.2, -0.15) is 0 Å². The van der Waals surface area contributed by atoms with Crippen molar-refractivity contribution in [3.8, 4) is 0 Å². The highest BCUT2D eigenvalue weighted by atomic mass is 16.5. The molecule has 0 saturated carbocycles. The molecule has 2 rings (SSSR count). The van der Waals surface area contributed by atoms with Crippen LogP contribution in [0.1, 0.15) is 26.7 Å². The Labute approximate surface area is 86.8 Å². The van der Waals surface area contributed by atoms with E-state index in [0.29, 0.717) is 6.04 Å². The van der Waals surface area contributed by atoms with Crippen LogP contribution in [-0.4, -0.2) is 49.3 Å². The van der Waals surface area contributed by atoms with E-state index in [-0.39, 0.29) is 5.54 Å². The minimum atomic E-state index is 0.265. The second kappa shape index (κ2) is 4.17. The maximum atomic E-state index is 5.60. The Morgan fingerprint density at radius 3 is 2.93 bits per heavy atom. The van der Waals surface area contributed by atoms with Crippen LogP contribution in [0.3, 0.4) is 0 Å². The van der Waals surface area contributed by atoms with Crippen LogP contribution < -0.4 is 5.32 Å². The summed E-state index contributed by atoms with van der Waals surface area (Å²) in [5.41, 5.74) is 0.265. The lowest BCUT2D eigenvalue weighted by Crippen LogP contribution is -2.64. The maximum absolute atomic E-state index is 5.60. The molecule has 2 saturated heterocycles. The highest BCUT2D eigenvalue weighted by Crippen LogP contribution is 2.23. The smallest absolute Gasteiger partial charge is 0.0660 e. The lowest BCUT2D eigenvalue weighted by atomic mass is 9.89. The topological polar surface area (TPSA) is 24.5 Å². The molecule has 1 N–H and O–H groups in total. The van der Waals surface area contributed by atoms with Gasteiger partial charge in [0.2, 0.25) is 0 Å². The number of nitrogens with one attached hydrogen (secondary N) is 1. The quantitative estimate of drug-likeness (QED) is 0.676. The van der Waals surface area contributed by atoms with Gasteiger partial charge in [0.15, 0.2) is 0 Å². The number of piperazine rings is 1. The summed E-state index contributed by atoms with van der Waals surface area (Å²) in [5.74, 6) is 0.